The number of rotatable bonds is 2. The number of ketones is 1. The second kappa shape index (κ2) is 3.73. The second-order valence-electron chi connectivity index (χ2n) is 5.32. The molecular formula is C15H20O. The molecule has 86 valence electrons. The first-order valence-electron chi connectivity index (χ1n) is 6.05. The molecule has 0 amide bonds. The normalized spacial score (nSPS) is 23.3. The van der Waals surface area contributed by atoms with Crippen LogP contribution in [0.25, 0.3) is 0 Å². The summed E-state index contributed by atoms with van der Waals surface area (Å²) in [6, 6.07) is 2.18. The van der Waals surface area contributed by atoms with Crippen molar-refractivity contribution in [2.45, 2.75) is 41.0 Å². The van der Waals surface area contributed by atoms with Crippen LogP contribution < -0.4 is 0 Å². The largest absolute Gasteiger partial charge is 0.294 e. The van der Waals surface area contributed by atoms with E-state index in [1.54, 1.807) is 0 Å². The Kier molecular flexibility index (Phi) is 2.65. The maximum atomic E-state index is 12.4. The summed E-state index contributed by atoms with van der Waals surface area (Å²) in [7, 11) is 0. The molecule has 0 N–H and O–H groups in total. The molecule has 2 atom stereocenters. The van der Waals surface area contributed by atoms with Crippen molar-refractivity contribution in [2.75, 3.05) is 0 Å². The highest BCUT2D eigenvalue weighted by Gasteiger charge is 2.40. The van der Waals surface area contributed by atoms with Gasteiger partial charge in [0.2, 0.25) is 0 Å². The fourth-order valence-electron chi connectivity index (χ4n) is 2.46. The van der Waals surface area contributed by atoms with Crippen LogP contribution in [0.15, 0.2) is 6.07 Å². The van der Waals surface area contributed by atoms with E-state index in [1.807, 2.05) is 0 Å². The SMILES string of the molecule is Cc1cc(C)c(C)c(C(=O)C2CC2C)c1C. The van der Waals surface area contributed by atoms with E-state index >= 15 is 0 Å². The molecule has 1 saturated carbocycles. The first-order chi connectivity index (χ1) is 7.43. The van der Waals surface area contributed by atoms with Gasteiger partial charge in [0, 0.05) is 11.5 Å². The van der Waals surface area contributed by atoms with Crippen LogP contribution in [0.5, 0.6) is 0 Å². The average molecular weight is 216 g/mol. The summed E-state index contributed by atoms with van der Waals surface area (Å²) in [5, 5.41) is 0. The molecule has 1 heteroatoms. The van der Waals surface area contributed by atoms with Gasteiger partial charge in [-0.25, -0.2) is 0 Å². The monoisotopic (exact) mass is 216 g/mol. The fraction of sp³-hybridized carbons (Fsp3) is 0.533. The zero-order chi connectivity index (χ0) is 12.0. The quantitative estimate of drug-likeness (QED) is 0.688. The second-order valence-corrected chi connectivity index (χ2v) is 5.32. The molecule has 1 nitrogen and oxygen atoms in total. The number of hydrogen-bond donors (Lipinski definition) is 0. The van der Waals surface area contributed by atoms with Crippen LogP contribution in [0, 0.1) is 39.5 Å². The molecule has 1 aromatic carbocycles. The molecule has 1 aromatic rings. The van der Waals surface area contributed by atoms with E-state index in [2.05, 4.69) is 40.7 Å². The Balaban J connectivity index is 2.51. The van der Waals surface area contributed by atoms with E-state index in [0.29, 0.717) is 17.6 Å². The third-order valence-electron chi connectivity index (χ3n) is 4.06. The summed E-state index contributed by atoms with van der Waals surface area (Å²) < 4.78 is 0. The summed E-state index contributed by atoms with van der Waals surface area (Å²) in [5.41, 5.74) is 5.81. The Morgan fingerprint density at radius 2 is 1.56 bits per heavy atom. The summed E-state index contributed by atoms with van der Waals surface area (Å²) in [4.78, 5) is 12.4. The minimum absolute atomic E-state index is 0.290. The van der Waals surface area contributed by atoms with Crippen LogP contribution in [0.3, 0.4) is 0 Å². The van der Waals surface area contributed by atoms with Gasteiger partial charge in [0.15, 0.2) is 5.78 Å². The molecule has 0 radical (unpaired) electrons. The van der Waals surface area contributed by atoms with Gasteiger partial charge >= 0.3 is 0 Å². The van der Waals surface area contributed by atoms with Gasteiger partial charge in [0.1, 0.15) is 0 Å². The predicted octanol–water partition coefficient (Wildman–Crippen LogP) is 3.76. The van der Waals surface area contributed by atoms with Crippen molar-refractivity contribution in [3.63, 3.8) is 0 Å². The minimum atomic E-state index is 0.290. The van der Waals surface area contributed by atoms with Crippen molar-refractivity contribution in [3.8, 4) is 0 Å². The molecule has 0 aromatic heterocycles. The van der Waals surface area contributed by atoms with E-state index < -0.39 is 0 Å². The maximum absolute atomic E-state index is 12.4. The van der Waals surface area contributed by atoms with E-state index in [1.165, 1.54) is 22.3 Å². The standard InChI is InChI=1S/C15H20O/c1-8-6-9(2)12(5)14(11(8)4)15(16)13-7-10(13)3/h6,10,13H,7H2,1-5H3. The van der Waals surface area contributed by atoms with Gasteiger partial charge in [0.25, 0.3) is 0 Å². The summed E-state index contributed by atoms with van der Waals surface area (Å²) in [5.74, 6) is 1.25. The number of aryl methyl sites for hydroxylation is 2. The van der Waals surface area contributed by atoms with Gasteiger partial charge in [0.05, 0.1) is 0 Å². The van der Waals surface area contributed by atoms with Crippen LogP contribution in [0.2, 0.25) is 0 Å². The smallest absolute Gasteiger partial charge is 0.166 e. The Bertz CT molecular complexity index is 431. The third-order valence-corrected chi connectivity index (χ3v) is 4.06. The first-order valence-corrected chi connectivity index (χ1v) is 6.05. The molecule has 0 aliphatic heterocycles. The highest BCUT2D eigenvalue weighted by molar-refractivity contribution is 6.02. The molecule has 0 heterocycles. The lowest BCUT2D eigenvalue weighted by atomic mass is 9.90. The molecule has 2 unspecified atom stereocenters. The number of carbonyl (C=O) groups excluding carboxylic acids is 1. The van der Waals surface area contributed by atoms with Gasteiger partial charge < -0.3 is 0 Å². The van der Waals surface area contributed by atoms with E-state index in [4.69, 9.17) is 0 Å². The number of hydrogen-bond acceptors (Lipinski definition) is 1. The molecule has 1 aliphatic rings. The topological polar surface area (TPSA) is 17.1 Å². The molecule has 16 heavy (non-hydrogen) atoms. The Labute approximate surface area is 97.9 Å². The molecule has 0 spiro atoms. The molecule has 1 fully saturated rings. The molecule has 0 bridgehead atoms. The fourth-order valence-corrected chi connectivity index (χ4v) is 2.46. The minimum Gasteiger partial charge on any atom is -0.294 e. The highest BCUT2D eigenvalue weighted by Crippen LogP contribution is 2.41. The molecular weight excluding hydrogens is 196 g/mol. The van der Waals surface area contributed by atoms with Gasteiger partial charge in [-0.2, -0.15) is 0 Å². The Hall–Kier alpha value is -1.11. The van der Waals surface area contributed by atoms with Crippen molar-refractivity contribution < 1.29 is 4.79 Å². The van der Waals surface area contributed by atoms with Crippen molar-refractivity contribution in [2.24, 2.45) is 11.8 Å². The highest BCUT2D eigenvalue weighted by atomic mass is 16.1. The average Bonchev–Trinajstić information content (AvgIpc) is 2.93. The van der Waals surface area contributed by atoms with Crippen LogP contribution in [0.1, 0.15) is 46.0 Å². The number of carbonyl (C=O) groups is 1. The van der Waals surface area contributed by atoms with Crippen LogP contribution >= 0.6 is 0 Å². The van der Waals surface area contributed by atoms with Crippen molar-refractivity contribution >= 4 is 5.78 Å². The lowest BCUT2D eigenvalue weighted by molar-refractivity contribution is 0.0961. The molecule has 0 saturated heterocycles. The van der Waals surface area contributed by atoms with Crippen LogP contribution in [-0.2, 0) is 0 Å². The summed E-state index contributed by atoms with van der Waals surface area (Å²) >= 11 is 0. The Morgan fingerprint density at radius 1 is 1.12 bits per heavy atom. The van der Waals surface area contributed by atoms with Gasteiger partial charge in [-0.3, -0.25) is 4.79 Å². The first kappa shape index (κ1) is 11.4. The van der Waals surface area contributed by atoms with Crippen LogP contribution in [-0.4, -0.2) is 5.78 Å². The van der Waals surface area contributed by atoms with E-state index in [-0.39, 0.29) is 0 Å². The van der Waals surface area contributed by atoms with Crippen molar-refractivity contribution in [1.82, 2.24) is 0 Å². The predicted molar refractivity (Wildman–Crippen MR) is 67.0 cm³/mol. The van der Waals surface area contributed by atoms with E-state index in [9.17, 15) is 4.79 Å². The van der Waals surface area contributed by atoms with E-state index in [0.717, 1.165) is 12.0 Å². The van der Waals surface area contributed by atoms with Crippen LogP contribution in [0.4, 0.5) is 0 Å². The zero-order valence-corrected chi connectivity index (χ0v) is 10.8. The summed E-state index contributed by atoms with van der Waals surface area (Å²) in [6.07, 6.45) is 1.07. The number of benzene rings is 1. The zero-order valence-electron chi connectivity index (χ0n) is 10.8. The van der Waals surface area contributed by atoms with Crippen molar-refractivity contribution in [3.05, 3.63) is 33.9 Å². The molecule has 2 rings (SSSR count). The third kappa shape index (κ3) is 1.68. The van der Waals surface area contributed by atoms with Crippen molar-refractivity contribution in [1.29, 1.82) is 0 Å². The van der Waals surface area contributed by atoms with Gasteiger partial charge in [-0.05, 0) is 62.3 Å². The Morgan fingerprint density at radius 3 is 1.94 bits per heavy atom. The number of Topliss-reactive ketones (excluding diaryl/α,β-unsaturated/α-hetero) is 1. The lowest BCUT2D eigenvalue weighted by Gasteiger charge is -2.14. The molecule has 1 aliphatic carbocycles. The van der Waals surface area contributed by atoms with Gasteiger partial charge in [-0.15, -0.1) is 0 Å². The summed E-state index contributed by atoms with van der Waals surface area (Å²) in [6.45, 7) is 10.5. The lowest BCUT2D eigenvalue weighted by Crippen LogP contribution is -2.10. The maximum Gasteiger partial charge on any atom is 0.166 e. The van der Waals surface area contributed by atoms with Gasteiger partial charge in [-0.1, -0.05) is 13.0 Å².